The van der Waals surface area contributed by atoms with E-state index in [4.69, 9.17) is 11.0 Å². The van der Waals surface area contributed by atoms with Gasteiger partial charge in [0.15, 0.2) is 0 Å². The van der Waals surface area contributed by atoms with Gasteiger partial charge in [-0.15, -0.1) is 0 Å². The number of nitrogens with zero attached hydrogens (tertiary/aromatic N) is 2. The molecule has 0 saturated heterocycles. The molecule has 1 heterocycles. The average molecular weight is 295 g/mol. The topological polar surface area (TPSA) is 108 Å². The molecule has 22 heavy (non-hydrogen) atoms. The summed E-state index contributed by atoms with van der Waals surface area (Å²) in [7, 11) is 0. The van der Waals surface area contributed by atoms with Crippen LogP contribution in [0.2, 0.25) is 0 Å². The Balaban J connectivity index is 2.12. The Morgan fingerprint density at radius 3 is 2.91 bits per heavy atom. The average Bonchev–Trinajstić information content (AvgIpc) is 2.52. The number of aromatic nitrogens is 2. The first-order valence-corrected chi connectivity index (χ1v) is 6.32. The summed E-state index contributed by atoms with van der Waals surface area (Å²) in [5.74, 6) is -0.606. The Bertz CT molecular complexity index is 974. The van der Waals surface area contributed by atoms with Crippen LogP contribution in [0.25, 0.3) is 10.9 Å². The number of benzene rings is 2. The number of H-pyrrole nitrogens is 1. The summed E-state index contributed by atoms with van der Waals surface area (Å²) in [5, 5.41) is 12.3. The highest BCUT2D eigenvalue weighted by Gasteiger charge is 2.12. The SMILES string of the molecule is N#Cc1c(N)ccc(F)c1Nc1ccc2nc[nH]c(=O)c2c1. The number of halogens is 1. The molecule has 0 spiro atoms. The van der Waals surface area contributed by atoms with Gasteiger partial charge < -0.3 is 16.0 Å². The van der Waals surface area contributed by atoms with Crippen LogP contribution in [0.4, 0.5) is 21.5 Å². The zero-order chi connectivity index (χ0) is 15.7. The lowest BCUT2D eigenvalue weighted by atomic mass is 10.1. The molecule has 108 valence electrons. The summed E-state index contributed by atoms with van der Waals surface area (Å²) in [6, 6.07) is 9.17. The maximum absolute atomic E-state index is 13.9. The lowest BCUT2D eigenvalue weighted by Gasteiger charge is -2.11. The van der Waals surface area contributed by atoms with Gasteiger partial charge in [0.25, 0.3) is 5.56 Å². The number of nitriles is 1. The third kappa shape index (κ3) is 2.23. The molecule has 7 heteroatoms. The van der Waals surface area contributed by atoms with Gasteiger partial charge in [-0.05, 0) is 30.3 Å². The second kappa shape index (κ2) is 5.18. The lowest BCUT2D eigenvalue weighted by molar-refractivity contribution is 0.631. The quantitative estimate of drug-likeness (QED) is 0.628. The molecule has 0 atom stereocenters. The van der Waals surface area contributed by atoms with Crippen LogP contribution in [0, 0.1) is 17.1 Å². The molecule has 3 rings (SSSR count). The summed E-state index contributed by atoms with van der Waals surface area (Å²) in [6.45, 7) is 0. The monoisotopic (exact) mass is 295 g/mol. The Morgan fingerprint density at radius 1 is 1.32 bits per heavy atom. The predicted molar refractivity (Wildman–Crippen MR) is 81.2 cm³/mol. The van der Waals surface area contributed by atoms with Crippen molar-refractivity contribution in [1.82, 2.24) is 9.97 Å². The van der Waals surface area contributed by atoms with E-state index in [1.807, 2.05) is 6.07 Å². The number of hydrogen-bond donors (Lipinski definition) is 3. The third-order valence-corrected chi connectivity index (χ3v) is 3.21. The molecule has 0 bridgehead atoms. The molecule has 0 unspecified atom stereocenters. The number of hydrogen-bond acceptors (Lipinski definition) is 5. The molecule has 0 fully saturated rings. The summed E-state index contributed by atoms with van der Waals surface area (Å²) in [5.41, 5.74) is 6.50. The summed E-state index contributed by atoms with van der Waals surface area (Å²) in [4.78, 5) is 18.3. The van der Waals surface area contributed by atoms with Crippen molar-refractivity contribution in [2.75, 3.05) is 11.1 Å². The first-order valence-electron chi connectivity index (χ1n) is 6.32. The Hall–Kier alpha value is -3.40. The second-order valence-electron chi connectivity index (χ2n) is 4.59. The van der Waals surface area contributed by atoms with Crippen LogP contribution in [0.3, 0.4) is 0 Å². The third-order valence-electron chi connectivity index (χ3n) is 3.21. The van der Waals surface area contributed by atoms with Crippen molar-refractivity contribution in [3.05, 3.63) is 58.4 Å². The largest absolute Gasteiger partial charge is 0.398 e. The van der Waals surface area contributed by atoms with Crippen LogP contribution < -0.4 is 16.6 Å². The van der Waals surface area contributed by atoms with E-state index < -0.39 is 5.82 Å². The lowest BCUT2D eigenvalue weighted by Crippen LogP contribution is -2.07. The van der Waals surface area contributed by atoms with E-state index in [1.165, 1.54) is 24.5 Å². The van der Waals surface area contributed by atoms with Crippen LogP contribution in [-0.2, 0) is 0 Å². The number of aromatic amines is 1. The van der Waals surface area contributed by atoms with E-state index in [0.717, 1.165) is 0 Å². The van der Waals surface area contributed by atoms with E-state index >= 15 is 0 Å². The van der Waals surface area contributed by atoms with Crippen molar-refractivity contribution in [3.8, 4) is 6.07 Å². The van der Waals surface area contributed by atoms with Gasteiger partial charge in [0, 0.05) is 5.69 Å². The van der Waals surface area contributed by atoms with Crippen molar-refractivity contribution in [2.24, 2.45) is 0 Å². The molecular weight excluding hydrogens is 285 g/mol. The molecule has 0 amide bonds. The van der Waals surface area contributed by atoms with E-state index in [0.29, 0.717) is 16.6 Å². The van der Waals surface area contributed by atoms with Gasteiger partial charge in [0.1, 0.15) is 17.4 Å². The number of nitrogens with one attached hydrogen (secondary N) is 2. The van der Waals surface area contributed by atoms with E-state index in [9.17, 15) is 9.18 Å². The molecule has 0 aliphatic rings. The molecule has 0 saturated carbocycles. The Labute approximate surface area is 124 Å². The maximum atomic E-state index is 13.9. The van der Waals surface area contributed by atoms with Gasteiger partial charge >= 0.3 is 0 Å². The molecule has 0 aliphatic heterocycles. The molecular formula is C15H10FN5O. The Kier molecular flexibility index (Phi) is 3.20. The van der Waals surface area contributed by atoms with Crippen LogP contribution in [0.5, 0.6) is 0 Å². The molecule has 4 N–H and O–H groups in total. The first kappa shape index (κ1) is 13.6. The number of fused-ring (bicyclic) bond motifs is 1. The van der Waals surface area contributed by atoms with Crippen LogP contribution in [-0.4, -0.2) is 9.97 Å². The fourth-order valence-corrected chi connectivity index (χ4v) is 2.13. The van der Waals surface area contributed by atoms with Gasteiger partial charge in [-0.25, -0.2) is 9.37 Å². The summed E-state index contributed by atoms with van der Waals surface area (Å²) >= 11 is 0. The normalized spacial score (nSPS) is 10.4. The molecule has 0 radical (unpaired) electrons. The van der Waals surface area contributed by atoms with Crippen LogP contribution >= 0.6 is 0 Å². The van der Waals surface area contributed by atoms with Crippen LogP contribution in [0.1, 0.15) is 5.56 Å². The van der Waals surface area contributed by atoms with Gasteiger partial charge in [-0.1, -0.05) is 0 Å². The van der Waals surface area contributed by atoms with Crippen molar-refractivity contribution in [1.29, 1.82) is 5.26 Å². The van der Waals surface area contributed by atoms with Gasteiger partial charge in [-0.3, -0.25) is 4.79 Å². The first-order chi connectivity index (χ1) is 10.6. The van der Waals surface area contributed by atoms with Crippen LogP contribution in [0.15, 0.2) is 41.5 Å². The molecule has 1 aromatic heterocycles. The van der Waals surface area contributed by atoms with E-state index in [-0.39, 0.29) is 22.5 Å². The highest BCUT2D eigenvalue weighted by Crippen LogP contribution is 2.28. The van der Waals surface area contributed by atoms with E-state index in [2.05, 4.69) is 15.3 Å². The zero-order valence-corrected chi connectivity index (χ0v) is 11.2. The molecule has 3 aromatic rings. The highest BCUT2D eigenvalue weighted by molar-refractivity contribution is 5.83. The minimum Gasteiger partial charge on any atom is -0.398 e. The highest BCUT2D eigenvalue weighted by atomic mass is 19.1. The standard InChI is InChI=1S/C15H10FN5O/c16-11-2-3-12(18)10(6-17)14(11)21-8-1-4-13-9(5-8)15(22)20-7-19-13/h1-5,7,21H,18H2,(H,19,20,22). The van der Waals surface area contributed by atoms with Crippen molar-refractivity contribution >= 4 is 28.0 Å². The molecule has 0 aliphatic carbocycles. The zero-order valence-electron chi connectivity index (χ0n) is 11.2. The smallest absolute Gasteiger partial charge is 0.258 e. The summed E-state index contributed by atoms with van der Waals surface area (Å²) < 4.78 is 13.9. The fraction of sp³-hybridized carbons (Fsp3) is 0. The molecule has 6 nitrogen and oxygen atoms in total. The van der Waals surface area contributed by atoms with Gasteiger partial charge in [0.2, 0.25) is 0 Å². The Morgan fingerprint density at radius 2 is 2.14 bits per heavy atom. The van der Waals surface area contributed by atoms with Gasteiger partial charge in [0.05, 0.1) is 28.6 Å². The van der Waals surface area contributed by atoms with Crippen molar-refractivity contribution in [2.45, 2.75) is 0 Å². The van der Waals surface area contributed by atoms with Crippen molar-refractivity contribution < 1.29 is 4.39 Å². The number of anilines is 3. The minimum absolute atomic E-state index is 0.0141. The van der Waals surface area contributed by atoms with Crippen molar-refractivity contribution in [3.63, 3.8) is 0 Å². The second-order valence-corrected chi connectivity index (χ2v) is 4.59. The minimum atomic E-state index is -0.606. The molecule has 2 aromatic carbocycles. The number of nitrogens with two attached hydrogens (primary N) is 1. The number of nitrogen functional groups attached to an aromatic ring is 1. The van der Waals surface area contributed by atoms with E-state index in [1.54, 1.807) is 12.1 Å². The summed E-state index contributed by atoms with van der Waals surface area (Å²) in [6.07, 6.45) is 1.31. The number of rotatable bonds is 2. The maximum Gasteiger partial charge on any atom is 0.258 e. The fourth-order valence-electron chi connectivity index (χ4n) is 2.13. The predicted octanol–water partition coefficient (Wildman–Crippen LogP) is 2.26. The van der Waals surface area contributed by atoms with Gasteiger partial charge in [-0.2, -0.15) is 5.26 Å².